The molecule has 0 amide bonds. The van der Waals surface area contributed by atoms with Crippen LogP contribution < -0.4 is 0 Å². The van der Waals surface area contributed by atoms with Crippen molar-refractivity contribution in [3.05, 3.63) is 0 Å². The third kappa shape index (κ3) is 1.53. The Kier molecular flexibility index (Phi) is 1.52. The molecule has 7 heavy (non-hydrogen) atoms. The van der Waals surface area contributed by atoms with Gasteiger partial charge in [-0.2, -0.15) is 0 Å². The van der Waals surface area contributed by atoms with Crippen LogP contribution in [0.1, 0.15) is 0 Å². The molecule has 0 aromatic rings. The van der Waals surface area contributed by atoms with E-state index in [9.17, 15) is 0 Å². The molecule has 0 spiro atoms. The van der Waals surface area contributed by atoms with Crippen molar-refractivity contribution in [3.63, 3.8) is 0 Å². The van der Waals surface area contributed by atoms with Gasteiger partial charge >= 0.3 is 0 Å². The van der Waals surface area contributed by atoms with Crippen molar-refractivity contribution in [1.29, 1.82) is 0 Å². The fourth-order valence-corrected chi connectivity index (χ4v) is 0.756. The van der Waals surface area contributed by atoms with Crippen molar-refractivity contribution < 1.29 is 9.47 Å². The molecule has 1 fully saturated rings. The van der Waals surface area contributed by atoms with Crippen LogP contribution in [0.25, 0.3) is 0 Å². The average Bonchev–Trinajstić information content (AvgIpc) is 1.84. The van der Waals surface area contributed by atoms with Crippen LogP contribution in [-0.2, 0) is 9.47 Å². The zero-order valence-electron chi connectivity index (χ0n) is 3.63. The predicted molar refractivity (Wildman–Crippen MR) is 32.6 cm³/mol. The summed E-state index contributed by atoms with van der Waals surface area (Å²) in [6, 6.07) is 0. The average molecular weight is 138 g/mol. The number of thiol groups is 2. The lowest BCUT2D eigenvalue weighted by Crippen LogP contribution is -2.11. The van der Waals surface area contributed by atoms with E-state index in [2.05, 4.69) is 25.3 Å². The van der Waals surface area contributed by atoms with Gasteiger partial charge in [-0.05, 0) is 0 Å². The third-order valence-corrected chi connectivity index (χ3v) is 1.18. The van der Waals surface area contributed by atoms with Gasteiger partial charge in [0.25, 0.3) is 4.45 Å². The van der Waals surface area contributed by atoms with Gasteiger partial charge in [0.2, 0.25) is 0 Å². The number of hydrogen-bond donors (Lipinski definition) is 2. The summed E-state index contributed by atoms with van der Waals surface area (Å²) in [6.45, 7) is 1.18. The minimum atomic E-state index is -0.917. The molecule has 0 atom stereocenters. The van der Waals surface area contributed by atoms with E-state index in [1.165, 1.54) is 0 Å². The molecule has 0 saturated carbocycles. The summed E-state index contributed by atoms with van der Waals surface area (Å²) in [4.78, 5) is 0. The van der Waals surface area contributed by atoms with Gasteiger partial charge in [0.15, 0.2) is 0 Å². The highest BCUT2D eigenvalue weighted by Crippen LogP contribution is 2.26. The topological polar surface area (TPSA) is 18.5 Å². The third-order valence-electron chi connectivity index (χ3n) is 0.664. The Morgan fingerprint density at radius 1 is 1.14 bits per heavy atom. The standard InChI is InChI=1S/C3H6O2S2/c6-3(7)4-1-2-5-3/h6-7H,1-2H2. The molecule has 0 N–H and O–H groups in total. The van der Waals surface area contributed by atoms with Crippen LogP contribution in [0, 0.1) is 0 Å². The second-order valence-electron chi connectivity index (χ2n) is 1.25. The van der Waals surface area contributed by atoms with E-state index in [4.69, 9.17) is 9.47 Å². The maximum Gasteiger partial charge on any atom is 0.264 e. The SMILES string of the molecule is SC1(S)OCCO1. The minimum absolute atomic E-state index is 0.590. The molecule has 0 aliphatic carbocycles. The van der Waals surface area contributed by atoms with Crippen LogP contribution in [0.4, 0.5) is 0 Å². The molecule has 4 heteroatoms. The summed E-state index contributed by atoms with van der Waals surface area (Å²) in [5.41, 5.74) is 0. The largest absolute Gasteiger partial charge is 0.331 e. The molecule has 2 nitrogen and oxygen atoms in total. The highest BCUT2D eigenvalue weighted by atomic mass is 32.2. The first-order chi connectivity index (χ1) is 3.21. The van der Waals surface area contributed by atoms with Gasteiger partial charge in [-0.25, -0.2) is 0 Å². The van der Waals surface area contributed by atoms with Crippen molar-refractivity contribution >= 4 is 25.3 Å². The summed E-state index contributed by atoms with van der Waals surface area (Å²) in [5.74, 6) is 0. The molecule has 1 aliphatic heterocycles. The Morgan fingerprint density at radius 2 is 1.57 bits per heavy atom. The van der Waals surface area contributed by atoms with Gasteiger partial charge in [0, 0.05) is 0 Å². The van der Waals surface area contributed by atoms with Crippen LogP contribution in [0.15, 0.2) is 0 Å². The molecular weight excluding hydrogens is 132 g/mol. The fraction of sp³-hybridized carbons (Fsp3) is 1.00. The van der Waals surface area contributed by atoms with E-state index >= 15 is 0 Å². The van der Waals surface area contributed by atoms with Gasteiger partial charge < -0.3 is 9.47 Å². The van der Waals surface area contributed by atoms with Crippen LogP contribution >= 0.6 is 25.3 Å². The molecule has 0 bridgehead atoms. The summed E-state index contributed by atoms with van der Waals surface area (Å²) in [7, 11) is 0. The maximum absolute atomic E-state index is 4.85. The highest BCUT2D eigenvalue weighted by molar-refractivity contribution is 8.00. The fourth-order valence-electron chi connectivity index (χ4n) is 0.391. The molecular formula is C3H6O2S2. The molecule has 1 saturated heterocycles. The van der Waals surface area contributed by atoms with Crippen LogP contribution in [0.3, 0.4) is 0 Å². The van der Waals surface area contributed by atoms with Crippen molar-refractivity contribution in [3.8, 4) is 0 Å². The first-order valence-electron chi connectivity index (χ1n) is 1.93. The predicted octanol–water partition coefficient (Wildman–Crippen LogP) is 0.504. The van der Waals surface area contributed by atoms with Crippen molar-refractivity contribution in [2.75, 3.05) is 13.2 Å². The van der Waals surface area contributed by atoms with E-state index < -0.39 is 4.45 Å². The Morgan fingerprint density at radius 3 is 1.71 bits per heavy atom. The summed E-state index contributed by atoms with van der Waals surface area (Å²) in [6.07, 6.45) is 0. The summed E-state index contributed by atoms with van der Waals surface area (Å²) >= 11 is 7.74. The van der Waals surface area contributed by atoms with Crippen molar-refractivity contribution in [2.45, 2.75) is 4.45 Å². The summed E-state index contributed by atoms with van der Waals surface area (Å²) in [5, 5.41) is 0. The highest BCUT2D eigenvalue weighted by Gasteiger charge is 2.26. The Labute approximate surface area is 53.0 Å². The molecule has 42 valence electrons. The molecule has 1 rings (SSSR count). The Bertz CT molecular complexity index is 65.3. The number of hydrogen-bond acceptors (Lipinski definition) is 4. The first-order valence-corrected chi connectivity index (χ1v) is 2.83. The Hall–Kier alpha value is 0.620. The van der Waals surface area contributed by atoms with Gasteiger partial charge in [0.05, 0.1) is 13.2 Å². The van der Waals surface area contributed by atoms with Gasteiger partial charge in [-0.1, -0.05) is 0 Å². The van der Waals surface area contributed by atoms with E-state index in [0.29, 0.717) is 13.2 Å². The zero-order chi connectivity index (χ0) is 5.33. The quantitative estimate of drug-likeness (QED) is 0.375. The van der Waals surface area contributed by atoms with Gasteiger partial charge in [-0.15, -0.1) is 25.3 Å². The smallest absolute Gasteiger partial charge is 0.264 e. The first kappa shape index (κ1) is 5.75. The second-order valence-corrected chi connectivity index (χ2v) is 2.78. The van der Waals surface area contributed by atoms with E-state index in [1.807, 2.05) is 0 Å². The summed E-state index contributed by atoms with van der Waals surface area (Å²) < 4.78 is 8.78. The van der Waals surface area contributed by atoms with E-state index in [0.717, 1.165) is 0 Å². The lowest BCUT2D eigenvalue weighted by Gasteiger charge is -2.10. The maximum atomic E-state index is 4.85. The lowest BCUT2D eigenvalue weighted by molar-refractivity contribution is 0.00655. The van der Waals surface area contributed by atoms with E-state index in [1.54, 1.807) is 0 Å². The molecule has 1 heterocycles. The van der Waals surface area contributed by atoms with Crippen molar-refractivity contribution in [2.24, 2.45) is 0 Å². The molecule has 0 aromatic carbocycles. The lowest BCUT2D eigenvalue weighted by atomic mass is 10.8. The second kappa shape index (κ2) is 1.85. The molecule has 0 unspecified atom stereocenters. The Balaban J connectivity index is 2.40. The molecule has 0 radical (unpaired) electrons. The monoisotopic (exact) mass is 138 g/mol. The van der Waals surface area contributed by atoms with Crippen molar-refractivity contribution in [1.82, 2.24) is 0 Å². The molecule has 1 aliphatic rings. The minimum Gasteiger partial charge on any atom is -0.331 e. The van der Waals surface area contributed by atoms with Gasteiger partial charge in [-0.3, -0.25) is 0 Å². The van der Waals surface area contributed by atoms with E-state index in [-0.39, 0.29) is 0 Å². The van der Waals surface area contributed by atoms with Crippen LogP contribution in [-0.4, -0.2) is 17.7 Å². The normalized spacial score (nSPS) is 28.3. The number of rotatable bonds is 0. The van der Waals surface area contributed by atoms with Gasteiger partial charge in [0.1, 0.15) is 0 Å². The van der Waals surface area contributed by atoms with Crippen LogP contribution in [0.5, 0.6) is 0 Å². The number of ether oxygens (including phenoxy) is 2. The zero-order valence-corrected chi connectivity index (χ0v) is 5.41. The van der Waals surface area contributed by atoms with Crippen LogP contribution in [0.2, 0.25) is 0 Å². The molecule has 0 aromatic heterocycles.